The number of piperazine rings is 1. The summed E-state index contributed by atoms with van der Waals surface area (Å²) in [5.41, 5.74) is 2.21. The zero-order chi connectivity index (χ0) is 23.4. The molecular formula is C23H26ClN5O3S. The van der Waals surface area contributed by atoms with Crippen LogP contribution in [-0.4, -0.2) is 66.6 Å². The summed E-state index contributed by atoms with van der Waals surface area (Å²) >= 11 is 7.53. The summed E-state index contributed by atoms with van der Waals surface area (Å²) in [6, 6.07) is 10.2. The van der Waals surface area contributed by atoms with E-state index >= 15 is 0 Å². The minimum atomic E-state index is -0.665. The fraction of sp³-hybridized carbons (Fsp3) is 0.348. The SMILES string of the molecule is CCOc1ccc(C(=O)NC(=O)Nc2nc3ccc(CN4CCN(C)CC4)cc3s2)c(Cl)c1. The van der Waals surface area contributed by atoms with E-state index in [1.807, 2.05) is 13.0 Å². The predicted octanol–water partition coefficient (Wildman–Crippen LogP) is 4.06. The van der Waals surface area contributed by atoms with E-state index in [0.717, 1.165) is 42.9 Å². The van der Waals surface area contributed by atoms with Crippen molar-refractivity contribution in [3.8, 4) is 5.75 Å². The van der Waals surface area contributed by atoms with Crippen molar-refractivity contribution in [3.05, 3.63) is 52.5 Å². The number of halogens is 1. The van der Waals surface area contributed by atoms with Gasteiger partial charge < -0.3 is 9.64 Å². The molecule has 4 rings (SSSR count). The summed E-state index contributed by atoms with van der Waals surface area (Å²) < 4.78 is 6.34. The number of anilines is 1. The Morgan fingerprint density at radius 3 is 2.67 bits per heavy atom. The van der Waals surface area contributed by atoms with Crippen molar-refractivity contribution in [2.24, 2.45) is 0 Å². The maximum Gasteiger partial charge on any atom is 0.327 e. The maximum atomic E-state index is 12.4. The van der Waals surface area contributed by atoms with E-state index in [2.05, 4.69) is 44.6 Å². The van der Waals surface area contributed by atoms with Crippen LogP contribution in [0.4, 0.5) is 9.93 Å². The van der Waals surface area contributed by atoms with Crippen LogP contribution in [0, 0.1) is 0 Å². The third kappa shape index (κ3) is 6.00. The monoisotopic (exact) mass is 487 g/mol. The van der Waals surface area contributed by atoms with Crippen molar-refractivity contribution in [1.29, 1.82) is 0 Å². The second-order valence-corrected chi connectivity index (χ2v) is 9.32. The van der Waals surface area contributed by atoms with Crippen LogP contribution in [0.15, 0.2) is 36.4 Å². The number of rotatable bonds is 6. The number of ether oxygens (including phenoxy) is 1. The lowest BCUT2D eigenvalue weighted by atomic mass is 10.2. The molecule has 1 aromatic heterocycles. The molecule has 0 spiro atoms. The summed E-state index contributed by atoms with van der Waals surface area (Å²) in [4.78, 5) is 34.0. The highest BCUT2D eigenvalue weighted by Gasteiger charge is 2.17. The number of imide groups is 1. The molecule has 33 heavy (non-hydrogen) atoms. The molecule has 3 amide bonds. The van der Waals surface area contributed by atoms with Gasteiger partial charge in [0.05, 0.1) is 27.4 Å². The van der Waals surface area contributed by atoms with Gasteiger partial charge in [-0.05, 0) is 49.9 Å². The number of amides is 3. The van der Waals surface area contributed by atoms with Crippen molar-refractivity contribution in [2.75, 3.05) is 45.2 Å². The molecule has 1 saturated heterocycles. The zero-order valence-electron chi connectivity index (χ0n) is 18.6. The lowest BCUT2D eigenvalue weighted by molar-refractivity contribution is 0.0967. The molecular weight excluding hydrogens is 462 g/mol. The van der Waals surface area contributed by atoms with E-state index < -0.39 is 11.9 Å². The van der Waals surface area contributed by atoms with Crippen LogP contribution in [0.3, 0.4) is 0 Å². The molecule has 8 nitrogen and oxygen atoms in total. The molecule has 3 aromatic rings. The Morgan fingerprint density at radius 1 is 1.15 bits per heavy atom. The second kappa shape index (κ2) is 10.5. The number of carbonyl (C=O) groups is 2. The van der Waals surface area contributed by atoms with Crippen LogP contribution < -0.4 is 15.4 Å². The molecule has 2 heterocycles. The number of benzene rings is 2. The molecule has 174 valence electrons. The van der Waals surface area contributed by atoms with Crippen LogP contribution in [0.25, 0.3) is 10.2 Å². The number of fused-ring (bicyclic) bond motifs is 1. The van der Waals surface area contributed by atoms with Gasteiger partial charge in [-0.3, -0.25) is 20.3 Å². The summed E-state index contributed by atoms with van der Waals surface area (Å²) in [6.45, 7) is 7.49. The van der Waals surface area contributed by atoms with Gasteiger partial charge in [0.1, 0.15) is 5.75 Å². The van der Waals surface area contributed by atoms with Gasteiger partial charge in [-0.25, -0.2) is 9.78 Å². The molecule has 10 heteroatoms. The van der Waals surface area contributed by atoms with Crippen molar-refractivity contribution in [1.82, 2.24) is 20.1 Å². The first-order chi connectivity index (χ1) is 15.9. The normalized spacial score (nSPS) is 14.9. The Bertz CT molecular complexity index is 1160. The number of hydrogen-bond acceptors (Lipinski definition) is 7. The van der Waals surface area contributed by atoms with E-state index in [1.165, 1.54) is 23.0 Å². The van der Waals surface area contributed by atoms with Crippen LogP contribution in [-0.2, 0) is 6.54 Å². The zero-order valence-corrected chi connectivity index (χ0v) is 20.1. The number of nitrogens with one attached hydrogen (secondary N) is 2. The summed E-state index contributed by atoms with van der Waals surface area (Å²) in [5.74, 6) is -0.0407. The van der Waals surface area contributed by atoms with Gasteiger partial charge in [-0.15, -0.1) is 0 Å². The first-order valence-corrected chi connectivity index (χ1v) is 12.0. The highest BCUT2D eigenvalue weighted by Crippen LogP contribution is 2.27. The van der Waals surface area contributed by atoms with Crippen molar-refractivity contribution < 1.29 is 14.3 Å². The maximum absolute atomic E-state index is 12.4. The quantitative estimate of drug-likeness (QED) is 0.545. The second-order valence-electron chi connectivity index (χ2n) is 7.88. The van der Waals surface area contributed by atoms with Crippen molar-refractivity contribution >= 4 is 50.2 Å². The molecule has 0 radical (unpaired) electrons. The fourth-order valence-corrected chi connectivity index (χ4v) is 4.80. The van der Waals surface area contributed by atoms with Crippen LogP contribution >= 0.6 is 22.9 Å². The number of carbonyl (C=O) groups excluding carboxylic acids is 2. The average molecular weight is 488 g/mol. The largest absolute Gasteiger partial charge is 0.494 e. The first kappa shape index (κ1) is 23.4. The number of hydrogen-bond donors (Lipinski definition) is 2. The number of nitrogens with zero attached hydrogens (tertiary/aromatic N) is 3. The Balaban J connectivity index is 1.37. The molecule has 0 atom stereocenters. The third-order valence-electron chi connectivity index (χ3n) is 5.40. The van der Waals surface area contributed by atoms with Crippen molar-refractivity contribution in [2.45, 2.75) is 13.5 Å². The van der Waals surface area contributed by atoms with Gasteiger partial charge in [0.15, 0.2) is 5.13 Å². The minimum Gasteiger partial charge on any atom is -0.494 e. The molecule has 1 aliphatic rings. The van der Waals surface area contributed by atoms with Crippen LogP contribution in [0.2, 0.25) is 5.02 Å². The van der Waals surface area contributed by atoms with Gasteiger partial charge in [0.25, 0.3) is 5.91 Å². The van der Waals surface area contributed by atoms with Crippen LogP contribution in [0.1, 0.15) is 22.8 Å². The Labute approximate surface area is 201 Å². The molecule has 2 aromatic carbocycles. The summed E-state index contributed by atoms with van der Waals surface area (Å²) in [6.07, 6.45) is 0. The van der Waals surface area contributed by atoms with E-state index in [4.69, 9.17) is 16.3 Å². The molecule has 0 bridgehead atoms. The van der Waals surface area contributed by atoms with Gasteiger partial charge >= 0.3 is 6.03 Å². The number of thiazole rings is 1. The van der Waals surface area contributed by atoms with Crippen LogP contribution in [0.5, 0.6) is 5.75 Å². The molecule has 0 aliphatic carbocycles. The highest BCUT2D eigenvalue weighted by atomic mass is 35.5. The standard InChI is InChI=1S/C23H26ClN5O3S/c1-3-32-16-5-6-17(18(24)13-16)21(30)26-22(31)27-23-25-19-7-4-15(12-20(19)33-23)14-29-10-8-28(2)9-11-29/h4-7,12-13H,3,8-11,14H2,1-2H3,(H2,25,26,27,30,31). The van der Waals surface area contributed by atoms with Gasteiger partial charge in [0, 0.05) is 32.7 Å². The third-order valence-corrected chi connectivity index (χ3v) is 6.64. The van der Waals surface area contributed by atoms with E-state index in [9.17, 15) is 9.59 Å². The van der Waals surface area contributed by atoms with Gasteiger partial charge in [-0.2, -0.15) is 0 Å². The summed E-state index contributed by atoms with van der Waals surface area (Å²) in [5, 5.41) is 5.56. The first-order valence-electron chi connectivity index (χ1n) is 10.8. The number of aromatic nitrogens is 1. The van der Waals surface area contributed by atoms with Gasteiger partial charge in [0.2, 0.25) is 0 Å². The number of likely N-dealkylation sites (N-methyl/N-ethyl adjacent to an activating group) is 1. The van der Waals surface area contributed by atoms with E-state index in [0.29, 0.717) is 17.5 Å². The molecule has 0 saturated carbocycles. The highest BCUT2D eigenvalue weighted by molar-refractivity contribution is 7.22. The molecule has 1 fully saturated rings. The van der Waals surface area contributed by atoms with E-state index in [1.54, 1.807) is 12.1 Å². The lowest BCUT2D eigenvalue weighted by Gasteiger charge is -2.32. The summed E-state index contributed by atoms with van der Waals surface area (Å²) in [7, 11) is 2.14. The Hall–Kier alpha value is -2.72. The molecule has 0 unspecified atom stereocenters. The smallest absolute Gasteiger partial charge is 0.327 e. The minimum absolute atomic E-state index is 0.188. The average Bonchev–Trinajstić information content (AvgIpc) is 3.17. The van der Waals surface area contributed by atoms with Gasteiger partial charge in [-0.1, -0.05) is 29.0 Å². The fourth-order valence-electron chi connectivity index (χ4n) is 3.62. The van der Waals surface area contributed by atoms with Crippen molar-refractivity contribution in [3.63, 3.8) is 0 Å². The predicted molar refractivity (Wildman–Crippen MR) is 131 cm³/mol. The topological polar surface area (TPSA) is 86.8 Å². The number of urea groups is 1. The lowest BCUT2D eigenvalue weighted by Crippen LogP contribution is -2.43. The van der Waals surface area contributed by atoms with E-state index in [-0.39, 0.29) is 10.6 Å². The molecule has 1 aliphatic heterocycles. The Kier molecular flexibility index (Phi) is 7.44. The molecule has 2 N–H and O–H groups in total. The Morgan fingerprint density at radius 2 is 1.94 bits per heavy atom.